The third-order valence-electron chi connectivity index (χ3n) is 4.28. The Morgan fingerprint density at radius 2 is 2.31 bits per heavy atom. The van der Waals surface area contributed by atoms with Crippen molar-refractivity contribution in [1.82, 2.24) is 10.6 Å². The highest BCUT2D eigenvalue weighted by molar-refractivity contribution is 5.82. The van der Waals surface area contributed by atoms with E-state index < -0.39 is 0 Å². The molecule has 4 atom stereocenters. The van der Waals surface area contributed by atoms with E-state index in [0.717, 1.165) is 11.8 Å². The van der Waals surface area contributed by atoms with Crippen molar-refractivity contribution < 1.29 is 9.59 Å². The summed E-state index contributed by atoms with van der Waals surface area (Å²) in [7, 11) is 0. The summed E-state index contributed by atoms with van der Waals surface area (Å²) in [6.45, 7) is 0.599. The quantitative estimate of drug-likeness (QED) is 0.727. The molecule has 16 heavy (non-hydrogen) atoms. The summed E-state index contributed by atoms with van der Waals surface area (Å²) < 4.78 is 0. The van der Waals surface area contributed by atoms with E-state index in [-0.39, 0.29) is 17.9 Å². The second-order valence-corrected chi connectivity index (χ2v) is 5.47. The predicted octanol–water partition coefficient (Wildman–Crippen LogP) is 0.427. The maximum absolute atomic E-state index is 11.8. The lowest BCUT2D eigenvalue weighted by Gasteiger charge is -2.14. The molecule has 0 spiro atoms. The number of rotatable bonds is 3. The van der Waals surface area contributed by atoms with Crippen LogP contribution in [0.4, 0.5) is 0 Å². The standard InChI is InChI=1S/C12H18N2O2/c15-11-5-9(6-13-11)14-12(16)4-8-2-1-7-3-10(7)8/h7-10H,1-6H2,(H,13,15)(H,14,16). The lowest BCUT2D eigenvalue weighted by atomic mass is 9.99. The first-order valence-corrected chi connectivity index (χ1v) is 6.28. The fourth-order valence-electron chi connectivity index (χ4n) is 3.31. The topological polar surface area (TPSA) is 58.2 Å². The van der Waals surface area contributed by atoms with Crippen LogP contribution in [0.15, 0.2) is 0 Å². The van der Waals surface area contributed by atoms with Crippen LogP contribution in [0.1, 0.15) is 32.1 Å². The van der Waals surface area contributed by atoms with E-state index >= 15 is 0 Å². The zero-order valence-corrected chi connectivity index (χ0v) is 9.37. The average Bonchev–Trinajstić information content (AvgIpc) is 2.76. The van der Waals surface area contributed by atoms with E-state index in [4.69, 9.17) is 0 Å². The average molecular weight is 222 g/mol. The van der Waals surface area contributed by atoms with Gasteiger partial charge in [-0.1, -0.05) is 0 Å². The Labute approximate surface area is 95.2 Å². The van der Waals surface area contributed by atoms with E-state index in [2.05, 4.69) is 10.6 Å². The van der Waals surface area contributed by atoms with Gasteiger partial charge in [0.1, 0.15) is 0 Å². The number of fused-ring (bicyclic) bond motifs is 1. The molecule has 0 radical (unpaired) electrons. The van der Waals surface area contributed by atoms with Gasteiger partial charge in [-0.05, 0) is 37.0 Å². The van der Waals surface area contributed by atoms with Crippen LogP contribution >= 0.6 is 0 Å². The number of hydrogen-bond acceptors (Lipinski definition) is 2. The van der Waals surface area contributed by atoms with Gasteiger partial charge in [0.25, 0.3) is 0 Å². The molecule has 2 saturated carbocycles. The molecule has 2 N–H and O–H groups in total. The molecule has 3 aliphatic rings. The molecule has 1 heterocycles. The van der Waals surface area contributed by atoms with E-state index in [9.17, 15) is 9.59 Å². The Morgan fingerprint density at radius 3 is 2.88 bits per heavy atom. The monoisotopic (exact) mass is 222 g/mol. The number of nitrogens with one attached hydrogen (secondary N) is 2. The summed E-state index contributed by atoms with van der Waals surface area (Å²) in [5.41, 5.74) is 0. The van der Waals surface area contributed by atoms with Crippen LogP contribution in [0.5, 0.6) is 0 Å². The largest absolute Gasteiger partial charge is 0.354 e. The molecular weight excluding hydrogens is 204 g/mol. The second kappa shape index (κ2) is 3.75. The van der Waals surface area contributed by atoms with Crippen LogP contribution < -0.4 is 10.6 Å². The van der Waals surface area contributed by atoms with Crippen molar-refractivity contribution in [1.29, 1.82) is 0 Å². The van der Waals surface area contributed by atoms with Gasteiger partial charge in [-0.25, -0.2) is 0 Å². The van der Waals surface area contributed by atoms with Crippen LogP contribution in [0, 0.1) is 17.8 Å². The van der Waals surface area contributed by atoms with Gasteiger partial charge >= 0.3 is 0 Å². The summed E-state index contributed by atoms with van der Waals surface area (Å²) in [6.07, 6.45) is 5.02. The Morgan fingerprint density at radius 1 is 1.44 bits per heavy atom. The van der Waals surface area contributed by atoms with Crippen molar-refractivity contribution in [3.05, 3.63) is 0 Å². The van der Waals surface area contributed by atoms with Crippen molar-refractivity contribution in [2.45, 2.75) is 38.1 Å². The maximum Gasteiger partial charge on any atom is 0.222 e. The van der Waals surface area contributed by atoms with Crippen LogP contribution in [0.2, 0.25) is 0 Å². The first kappa shape index (κ1) is 10.1. The van der Waals surface area contributed by atoms with Crippen LogP contribution in [0.3, 0.4) is 0 Å². The molecule has 1 saturated heterocycles. The molecule has 4 heteroatoms. The third-order valence-corrected chi connectivity index (χ3v) is 4.28. The summed E-state index contributed by atoms with van der Waals surface area (Å²) in [5, 5.41) is 5.68. The van der Waals surface area contributed by atoms with E-state index in [1.807, 2.05) is 0 Å². The molecule has 0 aromatic rings. The normalized spacial score (nSPS) is 40.4. The highest BCUT2D eigenvalue weighted by Gasteiger charge is 2.48. The molecule has 2 aliphatic carbocycles. The van der Waals surface area contributed by atoms with Gasteiger partial charge in [0.15, 0.2) is 0 Å². The molecule has 0 bridgehead atoms. The molecule has 2 amide bonds. The van der Waals surface area contributed by atoms with Gasteiger partial charge in [-0.2, -0.15) is 0 Å². The highest BCUT2D eigenvalue weighted by Crippen LogP contribution is 2.56. The zero-order valence-electron chi connectivity index (χ0n) is 9.37. The van der Waals surface area contributed by atoms with Gasteiger partial charge in [-0.3, -0.25) is 9.59 Å². The van der Waals surface area contributed by atoms with Crippen LogP contribution in [0.25, 0.3) is 0 Å². The van der Waals surface area contributed by atoms with Crippen LogP contribution in [-0.4, -0.2) is 24.4 Å². The van der Waals surface area contributed by atoms with Crippen molar-refractivity contribution in [3.8, 4) is 0 Å². The molecule has 3 fully saturated rings. The third kappa shape index (κ3) is 1.93. The van der Waals surface area contributed by atoms with Gasteiger partial charge < -0.3 is 10.6 Å². The Hall–Kier alpha value is -1.06. The predicted molar refractivity (Wildman–Crippen MR) is 58.5 cm³/mol. The fraction of sp³-hybridized carbons (Fsp3) is 0.833. The minimum absolute atomic E-state index is 0.0244. The first-order chi connectivity index (χ1) is 7.72. The summed E-state index contributed by atoms with van der Waals surface area (Å²) in [5.74, 6) is 2.59. The lowest BCUT2D eigenvalue weighted by molar-refractivity contribution is -0.122. The second-order valence-electron chi connectivity index (χ2n) is 5.47. The fourth-order valence-corrected chi connectivity index (χ4v) is 3.31. The van der Waals surface area contributed by atoms with Gasteiger partial charge in [-0.15, -0.1) is 0 Å². The Balaban J connectivity index is 1.45. The lowest BCUT2D eigenvalue weighted by Crippen LogP contribution is -2.37. The zero-order chi connectivity index (χ0) is 11.1. The molecule has 4 unspecified atom stereocenters. The minimum atomic E-state index is 0.0244. The van der Waals surface area contributed by atoms with Crippen molar-refractivity contribution >= 4 is 11.8 Å². The molecule has 3 rings (SSSR count). The molecule has 0 aromatic carbocycles. The Bertz CT molecular complexity index is 329. The number of carbonyl (C=O) groups excluding carboxylic acids is 2. The summed E-state index contributed by atoms with van der Waals surface area (Å²) >= 11 is 0. The molecule has 4 nitrogen and oxygen atoms in total. The van der Waals surface area contributed by atoms with E-state index in [0.29, 0.717) is 25.3 Å². The van der Waals surface area contributed by atoms with Gasteiger partial charge in [0.2, 0.25) is 11.8 Å². The van der Waals surface area contributed by atoms with Gasteiger partial charge in [0.05, 0.1) is 6.04 Å². The molecular formula is C12H18N2O2. The summed E-state index contributed by atoms with van der Waals surface area (Å²) in [4.78, 5) is 22.8. The maximum atomic E-state index is 11.8. The summed E-state index contributed by atoms with van der Waals surface area (Å²) in [6, 6.07) is 0.0244. The number of carbonyl (C=O) groups is 2. The van der Waals surface area contributed by atoms with E-state index in [1.165, 1.54) is 19.3 Å². The van der Waals surface area contributed by atoms with E-state index in [1.54, 1.807) is 0 Å². The number of hydrogen-bond donors (Lipinski definition) is 2. The van der Waals surface area contributed by atoms with Crippen LogP contribution in [-0.2, 0) is 9.59 Å². The van der Waals surface area contributed by atoms with Crippen molar-refractivity contribution in [3.63, 3.8) is 0 Å². The van der Waals surface area contributed by atoms with Crippen molar-refractivity contribution in [2.24, 2.45) is 17.8 Å². The molecule has 1 aliphatic heterocycles. The SMILES string of the molecule is O=C1CC(NC(=O)CC2CCC3CC23)CN1. The molecule has 88 valence electrons. The van der Waals surface area contributed by atoms with Gasteiger partial charge in [0, 0.05) is 19.4 Å². The molecule has 0 aromatic heterocycles. The minimum Gasteiger partial charge on any atom is -0.354 e. The highest BCUT2D eigenvalue weighted by atomic mass is 16.2. The number of amides is 2. The van der Waals surface area contributed by atoms with Crippen molar-refractivity contribution in [2.75, 3.05) is 6.54 Å². The smallest absolute Gasteiger partial charge is 0.222 e. The first-order valence-electron chi connectivity index (χ1n) is 6.28. The Kier molecular flexibility index (Phi) is 2.37.